The van der Waals surface area contributed by atoms with Crippen LogP contribution >= 0.6 is 0 Å². The van der Waals surface area contributed by atoms with Gasteiger partial charge >= 0.3 is 0 Å². The first kappa shape index (κ1) is 9.51. The molecule has 0 amide bonds. The molecular weight excluding hydrogens is 160 g/mol. The average molecular weight is 182 g/mol. The van der Waals surface area contributed by atoms with Crippen LogP contribution in [0.1, 0.15) is 59.3 Å². The topological polar surface area (TPSA) is 9.23 Å². The molecule has 13 heavy (non-hydrogen) atoms. The highest BCUT2D eigenvalue weighted by Crippen LogP contribution is 2.48. The molecule has 0 spiro atoms. The van der Waals surface area contributed by atoms with E-state index >= 15 is 0 Å². The van der Waals surface area contributed by atoms with Gasteiger partial charge in [-0.15, -0.1) is 0 Å². The van der Waals surface area contributed by atoms with E-state index in [1.54, 1.807) is 0 Å². The standard InChI is InChI=1S/C12H22O/c1-10(2)12-8-4-6-11(3,13-12)7-5-9-12/h10H,4-9H2,1-3H3. The molecule has 0 aromatic carbocycles. The third-order valence-corrected chi connectivity index (χ3v) is 4.11. The Labute approximate surface area is 81.9 Å². The van der Waals surface area contributed by atoms with Crippen LogP contribution in [0.4, 0.5) is 0 Å². The zero-order valence-corrected chi connectivity index (χ0v) is 9.23. The molecule has 0 unspecified atom stereocenters. The number of hydrogen-bond acceptors (Lipinski definition) is 1. The summed E-state index contributed by atoms with van der Waals surface area (Å²) in [6, 6.07) is 0. The molecule has 0 aromatic heterocycles. The van der Waals surface area contributed by atoms with Crippen LogP contribution in [-0.4, -0.2) is 11.2 Å². The lowest BCUT2D eigenvalue weighted by Crippen LogP contribution is -2.53. The Balaban J connectivity index is 2.20. The second-order valence-corrected chi connectivity index (χ2v) is 5.48. The Morgan fingerprint density at radius 3 is 1.92 bits per heavy atom. The van der Waals surface area contributed by atoms with Crippen molar-refractivity contribution < 1.29 is 4.74 Å². The normalized spacial score (nSPS) is 45.2. The number of hydrogen-bond donors (Lipinski definition) is 0. The van der Waals surface area contributed by atoms with Gasteiger partial charge in [-0.2, -0.15) is 0 Å². The highest BCUT2D eigenvalue weighted by Gasteiger charge is 2.47. The summed E-state index contributed by atoms with van der Waals surface area (Å²) < 4.78 is 6.36. The van der Waals surface area contributed by atoms with Crippen molar-refractivity contribution in [3.63, 3.8) is 0 Å². The van der Waals surface area contributed by atoms with Crippen LogP contribution in [0, 0.1) is 5.92 Å². The van der Waals surface area contributed by atoms with E-state index in [1.807, 2.05) is 0 Å². The van der Waals surface area contributed by atoms with Gasteiger partial charge in [-0.05, 0) is 51.4 Å². The second-order valence-electron chi connectivity index (χ2n) is 5.48. The molecule has 2 heterocycles. The Morgan fingerprint density at radius 1 is 1.00 bits per heavy atom. The minimum atomic E-state index is 0.223. The molecule has 0 N–H and O–H groups in total. The van der Waals surface area contributed by atoms with Gasteiger partial charge in [0.2, 0.25) is 0 Å². The molecule has 2 rings (SSSR count). The van der Waals surface area contributed by atoms with Gasteiger partial charge in [-0.1, -0.05) is 13.8 Å². The van der Waals surface area contributed by atoms with Crippen molar-refractivity contribution in [1.82, 2.24) is 0 Å². The van der Waals surface area contributed by atoms with Crippen molar-refractivity contribution in [2.75, 3.05) is 0 Å². The molecule has 76 valence electrons. The lowest BCUT2D eigenvalue weighted by atomic mass is 9.71. The van der Waals surface area contributed by atoms with Crippen LogP contribution in [0.25, 0.3) is 0 Å². The predicted molar refractivity (Wildman–Crippen MR) is 54.8 cm³/mol. The zero-order chi connectivity index (χ0) is 9.53. The molecule has 2 aliphatic heterocycles. The number of rotatable bonds is 1. The number of ether oxygens (including phenoxy) is 1. The van der Waals surface area contributed by atoms with Gasteiger partial charge in [0.15, 0.2) is 0 Å². The summed E-state index contributed by atoms with van der Waals surface area (Å²) in [6.45, 7) is 6.94. The molecular formula is C12H22O. The van der Waals surface area contributed by atoms with Crippen LogP contribution in [0.15, 0.2) is 0 Å². The number of fused-ring (bicyclic) bond motifs is 2. The van der Waals surface area contributed by atoms with E-state index in [0.717, 1.165) is 0 Å². The first-order chi connectivity index (χ1) is 6.06. The monoisotopic (exact) mass is 182 g/mol. The second kappa shape index (κ2) is 2.98. The minimum absolute atomic E-state index is 0.223. The van der Waals surface area contributed by atoms with Gasteiger partial charge in [0.1, 0.15) is 0 Å². The summed E-state index contributed by atoms with van der Waals surface area (Å²) >= 11 is 0. The molecule has 0 saturated carbocycles. The first-order valence-electron chi connectivity index (χ1n) is 5.77. The Bertz CT molecular complexity index is 185. The maximum atomic E-state index is 6.36. The van der Waals surface area contributed by atoms with Crippen LogP contribution < -0.4 is 0 Å². The van der Waals surface area contributed by atoms with Gasteiger partial charge < -0.3 is 4.74 Å². The summed E-state index contributed by atoms with van der Waals surface area (Å²) in [5, 5.41) is 0. The molecule has 2 aliphatic rings. The largest absolute Gasteiger partial charge is 0.369 e. The van der Waals surface area contributed by atoms with Gasteiger partial charge in [-0.25, -0.2) is 0 Å². The fourth-order valence-corrected chi connectivity index (χ4v) is 3.16. The lowest BCUT2D eigenvalue weighted by Gasteiger charge is -2.53. The van der Waals surface area contributed by atoms with E-state index in [4.69, 9.17) is 4.74 Å². The highest BCUT2D eigenvalue weighted by molar-refractivity contribution is 4.97. The summed E-state index contributed by atoms with van der Waals surface area (Å²) in [6.07, 6.45) is 7.88. The van der Waals surface area contributed by atoms with Gasteiger partial charge in [0.05, 0.1) is 11.2 Å². The Morgan fingerprint density at radius 2 is 1.54 bits per heavy atom. The zero-order valence-electron chi connectivity index (χ0n) is 9.23. The van der Waals surface area contributed by atoms with Crippen LogP contribution in [0.2, 0.25) is 0 Å². The van der Waals surface area contributed by atoms with Gasteiger partial charge in [0.25, 0.3) is 0 Å². The van der Waals surface area contributed by atoms with Crippen molar-refractivity contribution in [3.05, 3.63) is 0 Å². The van der Waals surface area contributed by atoms with E-state index in [9.17, 15) is 0 Å². The highest BCUT2D eigenvalue weighted by atomic mass is 16.5. The van der Waals surface area contributed by atoms with Crippen molar-refractivity contribution in [2.45, 2.75) is 70.5 Å². The Kier molecular flexibility index (Phi) is 2.18. The van der Waals surface area contributed by atoms with E-state index in [2.05, 4.69) is 20.8 Å². The molecule has 0 atom stereocenters. The Hall–Kier alpha value is -0.0400. The van der Waals surface area contributed by atoms with Gasteiger partial charge in [0, 0.05) is 0 Å². The molecule has 2 fully saturated rings. The van der Waals surface area contributed by atoms with Crippen molar-refractivity contribution in [1.29, 1.82) is 0 Å². The summed E-state index contributed by atoms with van der Waals surface area (Å²) in [7, 11) is 0. The van der Waals surface area contributed by atoms with Crippen molar-refractivity contribution >= 4 is 0 Å². The molecule has 1 heteroatoms. The summed E-state index contributed by atoms with van der Waals surface area (Å²) in [4.78, 5) is 0. The van der Waals surface area contributed by atoms with E-state index in [-0.39, 0.29) is 11.2 Å². The predicted octanol–water partition coefficient (Wildman–Crippen LogP) is 3.52. The van der Waals surface area contributed by atoms with Crippen LogP contribution in [0.5, 0.6) is 0 Å². The minimum Gasteiger partial charge on any atom is -0.369 e. The smallest absolute Gasteiger partial charge is 0.0712 e. The van der Waals surface area contributed by atoms with Crippen molar-refractivity contribution in [3.8, 4) is 0 Å². The summed E-state index contributed by atoms with van der Waals surface area (Å²) in [5.74, 6) is 0.687. The quantitative estimate of drug-likeness (QED) is 0.603. The maximum absolute atomic E-state index is 6.36. The maximum Gasteiger partial charge on any atom is 0.0712 e. The summed E-state index contributed by atoms with van der Waals surface area (Å²) in [5.41, 5.74) is 0.464. The molecule has 1 nitrogen and oxygen atoms in total. The third-order valence-electron chi connectivity index (χ3n) is 4.11. The van der Waals surface area contributed by atoms with Gasteiger partial charge in [-0.3, -0.25) is 0 Å². The van der Waals surface area contributed by atoms with E-state index < -0.39 is 0 Å². The molecule has 2 saturated heterocycles. The van der Waals surface area contributed by atoms with E-state index in [0.29, 0.717) is 5.92 Å². The first-order valence-corrected chi connectivity index (χ1v) is 5.77. The molecule has 2 bridgehead atoms. The van der Waals surface area contributed by atoms with E-state index in [1.165, 1.54) is 38.5 Å². The SMILES string of the molecule is CC(C)C12CCCC(C)(CCC1)O2. The molecule has 0 aromatic rings. The molecule has 0 aliphatic carbocycles. The fourth-order valence-electron chi connectivity index (χ4n) is 3.16. The molecule has 0 radical (unpaired) electrons. The third kappa shape index (κ3) is 1.52. The van der Waals surface area contributed by atoms with Crippen molar-refractivity contribution in [2.24, 2.45) is 5.92 Å². The lowest BCUT2D eigenvalue weighted by molar-refractivity contribution is -0.230. The fraction of sp³-hybridized carbons (Fsp3) is 1.00. The van der Waals surface area contributed by atoms with Crippen LogP contribution in [-0.2, 0) is 4.74 Å². The van der Waals surface area contributed by atoms with Crippen LogP contribution in [0.3, 0.4) is 0 Å². The average Bonchev–Trinajstić information content (AvgIpc) is 2.02.